The van der Waals surface area contributed by atoms with Crippen molar-refractivity contribution in [3.05, 3.63) is 28.8 Å². The van der Waals surface area contributed by atoms with Crippen LogP contribution in [0.1, 0.15) is 30.0 Å². The van der Waals surface area contributed by atoms with Crippen molar-refractivity contribution >= 4 is 0 Å². The Hall–Kier alpha value is -1.02. The topological polar surface area (TPSA) is 21.3 Å². The quantitative estimate of drug-likeness (QED) is 0.718. The Morgan fingerprint density at radius 1 is 1.06 bits per heavy atom. The summed E-state index contributed by atoms with van der Waals surface area (Å²) in [5, 5.41) is 3.45. The zero-order valence-corrected chi connectivity index (χ0v) is 9.88. The molecule has 2 nitrogen and oxygen atoms in total. The zero-order valence-electron chi connectivity index (χ0n) is 9.88. The van der Waals surface area contributed by atoms with Crippen LogP contribution >= 0.6 is 0 Å². The number of aryl methyl sites for hydroxylation is 1. The predicted octanol–water partition coefficient (Wildman–Crippen LogP) is 2.09. The summed E-state index contributed by atoms with van der Waals surface area (Å²) >= 11 is 0. The molecule has 16 heavy (non-hydrogen) atoms. The number of fused-ring (bicyclic) bond motifs is 2. The van der Waals surface area contributed by atoms with Gasteiger partial charge in [0.15, 0.2) is 0 Å². The van der Waals surface area contributed by atoms with E-state index >= 15 is 0 Å². The van der Waals surface area contributed by atoms with E-state index in [0.717, 1.165) is 38.1 Å². The minimum absolute atomic E-state index is 0.384. The Labute approximate surface area is 97.0 Å². The average molecular weight is 217 g/mol. The van der Waals surface area contributed by atoms with Crippen LogP contribution in [0.15, 0.2) is 12.1 Å². The van der Waals surface area contributed by atoms with Crippen molar-refractivity contribution in [2.45, 2.75) is 38.7 Å². The molecular formula is C14H19NO. The average Bonchev–Trinajstić information content (AvgIpc) is 2.50. The van der Waals surface area contributed by atoms with Crippen molar-refractivity contribution in [1.82, 2.24) is 5.32 Å². The van der Waals surface area contributed by atoms with Crippen molar-refractivity contribution in [2.75, 3.05) is 13.1 Å². The van der Waals surface area contributed by atoms with Crippen LogP contribution in [0.3, 0.4) is 0 Å². The molecule has 0 saturated heterocycles. The molecule has 2 heteroatoms. The fraction of sp³-hybridized carbons (Fsp3) is 0.571. The van der Waals surface area contributed by atoms with Gasteiger partial charge in [-0.3, -0.25) is 0 Å². The minimum Gasteiger partial charge on any atom is -0.490 e. The number of ether oxygens (including phenoxy) is 1. The third-order valence-electron chi connectivity index (χ3n) is 3.67. The van der Waals surface area contributed by atoms with Gasteiger partial charge in [0, 0.05) is 0 Å². The van der Waals surface area contributed by atoms with E-state index < -0.39 is 0 Å². The first kappa shape index (κ1) is 10.2. The van der Waals surface area contributed by atoms with E-state index in [2.05, 4.69) is 24.4 Å². The summed E-state index contributed by atoms with van der Waals surface area (Å²) < 4.78 is 5.92. The lowest BCUT2D eigenvalue weighted by atomic mass is 9.95. The van der Waals surface area contributed by atoms with Gasteiger partial charge in [0.2, 0.25) is 0 Å². The molecule has 1 aromatic carbocycles. The third kappa shape index (κ3) is 1.82. The smallest absolute Gasteiger partial charge is 0.123 e. The lowest BCUT2D eigenvalue weighted by Crippen LogP contribution is -2.19. The van der Waals surface area contributed by atoms with Crippen molar-refractivity contribution in [1.29, 1.82) is 0 Å². The van der Waals surface area contributed by atoms with Crippen molar-refractivity contribution < 1.29 is 4.74 Å². The van der Waals surface area contributed by atoms with Gasteiger partial charge >= 0.3 is 0 Å². The van der Waals surface area contributed by atoms with Crippen LogP contribution in [0.5, 0.6) is 5.75 Å². The molecule has 0 spiro atoms. The van der Waals surface area contributed by atoms with Crippen LogP contribution in [0, 0.1) is 0 Å². The third-order valence-corrected chi connectivity index (χ3v) is 3.67. The maximum atomic E-state index is 5.92. The molecule has 0 saturated carbocycles. The molecule has 2 heterocycles. The second-order valence-corrected chi connectivity index (χ2v) is 4.95. The van der Waals surface area contributed by atoms with Crippen molar-refractivity contribution in [3.8, 4) is 5.75 Å². The van der Waals surface area contributed by atoms with E-state index in [4.69, 9.17) is 4.74 Å². The van der Waals surface area contributed by atoms with E-state index in [1.54, 1.807) is 0 Å². The lowest BCUT2D eigenvalue weighted by Gasteiger charge is -2.24. The minimum atomic E-state index is 0.384. The Morgan fingerprint density at radius 3 is 2.62 bits per heavy atom. The SMILES string of the molecule is CC1CCc2cc3c(cc2O1)CCNCC3. The summed E-state index contributed by atoms with van der Waals surface area (Å²) in [6.07, 6.45) is 5.02. The highest BCUT2D eigenvalue weighted by Gasteiger charge is 2.19. The van der Waals surface area contributed by atoms with E-state index in [0.29, 0.717) is 6.10 Å². The molecule has 0 fully saturated rings. The van der Waals surface area contributed by atoms with Gasteiger partial charge < -0.3 is 10.1 Å². The maximum absolute atomic E-state index is 5.92. The molecule has 0 amide bonds. The molecule has 1 aromatic rings. The predicted molar refractivity (Wildman–Crippen MR) is 65.1 cm³/mol. The largest absolute Gasteiger partial charge is 0.490 e. The molecule has 0 aliphatic carbocycles. The molecule has 2 aliphatic rings. The van der Waals surface area contributed by atoms with Gasteiger partial charge in [-0.2, -0.15) is 0 Å². The molecule has 1 N–H and O–H groups in total. The van der Waals surface area contributed by atoms with E-state index in [9.17, 15) is 0 Å². The van der Waals surface area contributed by atoms with Gasteiger partial charge in [0.25, 0.3) is 0 Å². The van der Waals surface area contributed by atoms with E-state index in [-0.39, 0.29) is 0 Å². The van der Waals surface area contributed by atoms with Crippen LogP contribution in [0.25, 0.3) is 0 Å². The second kappa shape index (κ2) is 4.10. The monoisotopic (exact) mass is 217 g/mol. The standard InChI is InChI=1S/C14H19NO/c1-10-2-3-13-8-11-4-6-15-7-5-12(11)9-14(13)16-10/h8-10,15H,2-7H2,1H3. The maximum Gasteiger partial charge on any atom is 0.123 e. The highest BCUT2D eigenvalue weighted by Crippen LogP contribution is 2.31. The van der Waals surface area contributed by atoms with Crippen LogP contribution in [0.2, 0.25) is 0 Å². The number of hydrogen-bond acceptors (Lipinski definition) is 2. The van der Waals surface area contributed by atoms with Crippen molar-refractivity contribution in [2.24, 2.45) is 0 Å². The fourth-order valence-corrected chi connectivity index (χ4v) is 2.69. The summed E-state index contributed by atoms with van der Waals surface area (Å²) in [7, 11) is 0. The summed E-state index contributed by atoms with van der Waals surface area (Å²) in [5.74, 6) is 1.14. The number of benzene rings is 1. The number of rotatable bonds is 0. The first-order valence-electron chi connectivity index (χ1n) is 6.35. The molecule has 2 aliphatic heterocycles. The molecular weight excluding hydrogens is 198 g/mol. The first-order valence-corrected chi connectivity index (χ1v) is 6.35. The number of nitrogens with one attached hydrogen (secondary N) is 1. The van der Waals surface area contributed by atoms with Gasteiger partial charge in [-0.1, -0.05) is 6.07 Å². The van der Waals surface area contributed by atoms with Gasteiger partial charge in [0.05, 0.1) is 6.10 Å². The summed E-state index contributed by atoms with van der Waals surface area (Å²) in [4.78, 5) is 0. The molecule has 0 aromatic heterocycles. The van der Waals surface area contributed by atoms with Crippen LogP contribution in [0.4, 0.5) is 0 Å². The Kier molecular flexibility index (Phi) is 2.60. The molecule has 1 unspecified atom stereocenters. The van der Waals surface area contributed by atoms with Gasteiger partial charge in [-0.05, 0) is 68.5 Å². The number of hydrogen-bond donors (Lipinski definition) is 1. The molecule has 1 atom stereocenters. The van der Waals surface area contributed by atoms with Gasteiger partial charge in [-0.15, -0.1) is 0 Å². The normalized spacial score (nSPS) is 23.9. The van der Waals surface area contributed by atoms with Crippen LogP contribution < -0.4 is 10.1 Å². The molecule has 86 valence electrons. The highest BCUT2D eigenvalue weighted by atomic mass is 16.5. The lowest BCUT2D eigenvalue weighted by molar-refractivity contribution is 0.192. The second-order valence-electron chi connectivity index (χ2n) is 4.95. The highest BCUT2D eigenvalue weighted by molar-refractivity contribution is 5.44. The van der Waals surface area contributed by atoms with Gasteiger partial charge in [0.1, 0.15) is 5.75 Å². The van der Waals surface area contributed by atoms with E-state index in [1.807, 2.05) is 0 Å². The van der Waals surface area contributed by atoms with Crippen LogP contribution in [-0.4, -0.2) is 19.2 Å². The summed E-state index contributed by atoms with van der Waals surface area (Å²) in [5.41, 5.74) is 4.43. The molecule has 0 radical (unpaired) electrons. The van der Waals surface area contributed by atoms with E-state index in [1.165, 1.54) is 23.1 Å². The summed E-state index contributed by atoms with van der Waals surface area (Å²) in [6.45, 7) is 4.38. The van der Waals surface area contributed by atoms with Crippen molar-refractivity contribution in [3.63, 3.8) is 0 Å². The first-order chi connectivity index (χ1) is 7.83. The Balaban J connectivity index is 1.99. The summed E-state index contributed by atoms with van der Waals surface area (Å²) in [6, 6.07) is 4.66. The molecule has 3 rings (SSSR count). The van der Waals surface area contributed by atoms with Crippen LogP contribution in [-0.2, 0) is 19.3 Å². The Morgan fingerprint density at radius 2 is 1.81 bits per heavy atom. The molecule has 0 bridgehead atoms. The fourth-order valence-electron chi connectivity index (χ4n) is 2.69. The Bertz CT molecular complexity index is 399. The zero-order chi connectivity index (χ0) is 11.0. The van der Waals surface area contributed by atoms with Gasteiger partial charge in [-0.25, -0.2) is 0 Å².